The zero-order valence-electron chi connectivity index (χ0n) is 26.3. The fourth-order valence-corrected chi connectivity index (χ4v) is 10.2. The molecule has 11 aromatic rings. The molecule has 0 radical (unpaired) electrons. The van der Waals surface area contributed by atoms with E-state index in [1.54, 1.807) is 0 Å². The molecular weight excluding hydrogens is 649 g/mol. The summed E-state index contributed by atoms with van der Waals surface area (Å²) in [6, 6.07) is 51.9. The molecule has 4 heterocycles. The minimum Gasteiger partial charge on any atom is -0.309 e. The number of thiophene rings is 2. The lowest BCUT2D eigenvalue weighted by atomic mass is 10.1. The van der Waals surface area contributed by atoms with Crippen LogP contribution in [0.5, 0.6) is 0 Å². The van der Waals surface area contributed by atoms with Crippen LogP contribution in [0.15, 0.2) is 133 Å². The molecule has 0 saturated heterocycles. The van der Waals surface area contributed by atoms with E-state index >= 15 is 0 Å². The molecule has 11 rings (SSSR count). The molecular formula is C44H22N4S2. The highest BCUT2D eigenvalue weighted by Gasteiger charge is 2.20. The Balaban J connectivity index is 1.19. The lowest BCUT2D eigenvalue weighted by molar-refractivity contribution is 1.19. The van der Waals surface area contributed by atoms with Crippen LogP contribution in [0.25, 0.3) is 95.3 Å². The molecule has 0 fully saturated rings. The Morgan fingerprint density at radius 2 is 0.940 bits per heavy atom. The third-order valence-electron chi connectivity index (χ3n) is 10.2. The second kappa shape index (κ2) is 10.0. The molecule has 0 aliphatic carbocycles. The van der Waals surface area contributed by atoms with E-state index < -0.39 is 0 Å². The zero-order chi connectivity index (χ0) is 33.1. The topological polar surface area (TPSA) is 57.4 Å². The van der Waals surface area contributed by atoms with Crippen molar-refractivity contribution in [3.63, 3.8) is 0 Å². The molecule has 0 amide bonds. The van der Waals surface area contributed by atoms with Crippen LogP contribution in [0.2, 0.25) is 0 Å². The van der Waals surface area contributed by atoms with Crippen molar-refractivity contribution in [2.75, 3.05) is 0 Å². The van der Waals surface area contributed by atoms with Crippen LogP contribution in [-0.4, -0.2) is 9.13 Å². The first-order valence-corrected chi connectivity index (χ1v) is 18.0. The summed E-state index contributed by atoms with van der Waals surface area (Å²) in [6.45, 7) is 0. The first-order chi connectivity index (χ1) is 24.7. The highest BCUT2D eigenvalue weighted by Crippen LogP contribution is 2.44. The molecule has 0 spiro atoms. The third kappa shape index (κ3) is 3.67. The lowest BCUT2D eigenvalue weighted by Gasteiger charge is -2.10. The van der Waals surface area contributed by atoms with Gasteiger partial charge in [-0.05, 0) is 91.0 Å². The van der Waals surface area contributed by atoms with Crippen molar-refractivity contribution in [3.8, 4) is 23.5 Å². The highest BCUT2D eigenvalue weighted by molar-refractivity contribution is 7.26. The maximum atomic E-state index is 9.68. The minimum absolute atomic E-state index is 0.600. The molecule has 230 valence electrons. The normalized spacial score (nSPS) is 12.0. The van der Waals surface area contributed by atoms with Crippen molar-refractivity contribution in [3.05, 3.63) is 145 Å². The van der Waals surface area contributed by atoms with Crippen molar-refractivity contribution in [2.24, 2.45) is 0 Å². The van der Waals surface area contributed by atoms with Gasteiger partial charge in [-0.3, -0.25) is 0 Å². The van der Waals surface area contributed by atoms with Crippen molar-refractivity contribution in [2.45, 2.75) is 0 Å². The van der Waals surface area contributed by atoms with Gasteiger partial charge in [-0.15, -0.1) is 22.7 Å². The zero-order valence-corrected chi connectivity index (χ0v) is 27.9. The number of rotatable bonds is 2. The second-order valence-corrected chi connectivity index (χ2v) is 14.9. The Labute approximate surface area is 293 Å². The maximum Gasteiger partial charge on any atom is 0.0991 e. The van der Waals surface area contributed by atoms with Gasteiger partial charge in [0.25, 0.3) is 0 Å². The Hall–Kier alpha value is -6.44. The number of hydrogen-bond acceptors (Lipinski definition) is 4. The van der Waals surface area contributed by atoms with Gasteiger partial charge in [0.05, 0.1) is 45.3 Å². The highest BCUT2D eigenvalue weighted by atomic mass is 32.1. The van der Waals surface area contributed by atoms with E-state index in [-0.39, 0.29) is 0 Å². The monoisotopic (exact) mass is 670 g/mol. The predicted molar refractivity (Wildman–Crippen MR) is 210 cm³/mol. The van der Waals surface area contributed by atoms with Crippen LogP contribution in [0, 0.1) is 22.7 Å². The van der Waals surface area contributed by atoms with Gasteiger partial charge in [-0.2, -0.15) is 10.5 Å². The first-order valence-electron chi connectivity index (χ1n) is 16.4. The van der Waals surface area contributed by atoms with Crippen molar-refractivity contribution >= 4 is 107 Å². The summed E-state index contributed by atoms with van der Waals surface area (Å²) in [5, 5.41) is 28.8. The molecule has 7 aromatic carbocycles. The van der Waals surface area contributed by atoms with E-state index in [0.29, 0.717) is 11.1 Å². The molecule has 4 aromatic heterocycles. The van der Waals surface area contributed by atoms with E-state index in [2.05, 4.69) is 118 Å². The van der Waals surface area contributed by atoms with Crippen LogP contribution in [0.1, 0.15) is 11.1 Å². The minimum atomic E-state index is 0.600. The Morgan fingerprint density at radius 3 is 1.62 bits per heavy atom. The SMILES string of the molecule is N#Cc1ccc2c(c1)c1cc(C#N)ccc1n2-c1ccc2sc3ccc(-n4c5ccccc5c5ccc6sc7ccccc7c6c54)cc3c2c1. The van der Waals surface area contributed by atoms with Gasteiger partial charge in [0.2, 0.25) is 0 Å². The molecule has 50 heavy (non-hydrogen) atoms. The van der Waals surface area contributed by atoms with Gasteiger partial charge in [0, 0.05) is 73.3 Å². The number of benzene rings is 7. The number of fused-ring (bicyclic) bond motifs is 13. The summed E-state index contributed by atoms with van der Waals surface area (Å²) < 4.78 is 9.79. The van der Waals surface area contributed by atoms with E-state index in [9.17, 15) is 10.5 Å². The summed E-state index contributed by atoms with van der Waals surface area (Å²) in [5.41, 5.74) is 7.84. The van der Waals surface area contributed by atoms with E-state index in [4.69, 9.17) is 0 Å². The smallest absolute Gasteiger partial charge is 0.0991 e. The molecule has 0 bridgehead atoms. The Morgan fingerprint density at radius 1 is 0.400 bits per heavy atom. The molecule has 0 unspecified atom stereocenters. The van der Waals surface area contributed by atoms with E-state index in [0.717, 1.165) is 33.2 Å². The molecule has 6 heteroatoms. The maximum absolute atomic E-state index is 9.68. The molecule has 0 atom stereocenters. The van der Waals surface area contributed by atoms with Gasteiger partial charge < -0.3 is 9.13 Å². The first kappa shape index (κ1) is 27.5. The Kier molecular flexibility index (Phi) is 5.52. The Bertz CT molecular complexity index is 3280. The van der Waals surface area contributed by atoms with Crippen LogP contribution >= 0.6 is 22.7 Å². The van der Waals surface area contributed by atoms with Gasteiger partial charge >= 0.3 is 0 Å². The predicted octanol–water partition coefficient (Wildman–Crippen LogP) is 12.4. The van der Waals surface area contributed by atoms with Gasteiger partial charge in [-0.25, -0.2) is 0 Å². The number of para-hydroxylation sites is 1. The summed E-state index contributed by atoms with van der Waals surface area (Å²) in [6.07, 6.45) is 0. The van der Waals surface area contributed by atoms with Crippen molar-refractivity contribution in [1.29, 1.82) is 10.5 Å². The number of nitriles is 2. The van der Waals surface area contributed by atoms with Crippen LogP contribution in [0.3, 0.4) is 0 Å². The summed E-state index contributed by atoms with van der Waals surface area (Å²) in [7, 11) is 0. The largest absolute Gasteiger partial charge is 0.309 e. The van der Waals surface area contributed by atoms with Crippen LogP contribution < -0.4 is 0 Å². The quantitative estimate of drug-likeness (QED) is 0.184. The molecule has 0 N–H and O–H groups in total. The van der Waals surface area contributed by atoms with Crippen molar-refractivity contribution < 1.29 is 0 Å². The van der Waals surface area contributed by atoms with E-state index in [1.165, 1.54) is 62.2 Å². The van der Waals surface area contributed by atoms with Gasteiger partial charge in [0.1, 0.15) is 0 Å². The molecule has 0 aliphatic rings. The number of aromatic nitrogens is 2. The van der Waals surface area contributed by atoms with Crippen molar-refractivity contribution in [1.82, 2.24) is 9.13 Å². The standard InChI is InChI=1S/C44H22N4S2/c45-23-25-9-14-37-32(19-25)33-20-26(24-46)10-15-38(33)47(37)27-11-16-40-34(21-27)35-22-28(12-17-41(35)49-40)48-36-7-3-1-5-29(36)30-13-18-42-43(44(30)48)31-6-2-4-8-39(31)50-42/h1-22H. The summed E-state index contributed by atoms with van der Waals surface area (Å²) in [5.74, 6) is 0. The summed E-state index contributed by atoms with van der Waals surface area (Å²) >= 11 is 3.67. The second-order valence-electron chi connectivity index (χ2n) is 12.8. The average molecular weight is 671 g/mol. The van der Waals surface area contributed by atoms with Gasteiger partial charge in [0.15, 0.2) is 0 Å². The number of hydrogen-bond donors (Lipinski definition) is 0. The fourth-order valence-electron chi connectivity index (χ4n) is 8.01. The van der Waals surface area contributed by atoms with Crippen LogP contribution in [0.4, 0.5) is 0 Å². The van der Waals surface area contributed by atoms with E-state index in [1.807, 2.05) is 59.1 Å². The molecule has 0 aliphatic heterocycles. The van der Waals surface area contributed by atoms with Crippen LogP contribution in [-0.2, 0) is 0 Å². The molecule has 4 nitrogen and oxygen atoms in total. The molecule has 0 saturated carbocycles. The summed E-state index contributed by atoms with van der Waals surface area (Å²) in [4.78, 5) is 0. The number of nitrogens with zero attached hydrogens (tertiary/aromatic N) is 4. The lowest BCUT2D eigenvalue weighted by Crippen LogP contribution is -1.94. The fraction of sp³-hybridized carbons (Fsp3) is 0. The third-order valence-corrected chi connectivity index (χ3v) is 12.4. The van der Waals surface area contributed by atoms with Gasteiger partial charge in [-0.1, -0.05) is 42.5 Å². The average Bonchev–Trinajstić information content (AvgIpc) is 3.91.